The zero-order valence-corrected chi connectivity index (χ0v) is 23.3. The number of anilines is 2. The molecule has 13 heteroatoms. The number of aromatic nitrogens is 1. The van der Waals surface area contributed by atoms with Crippen LogP contribution in [-0.4, -0.2) is 62.3 Å². The quantitative estimate of drug-likeness (QED) is 0.147. The number of likely N-dealkylation sites (N-methyl/N-ethyl adjacent to an activating group) is 1. The van der Waals surface area contributed by atoms with Crippen molar-refractivity contribution in [1.29, 1.82) is 0 Å². The Hall–Kier alpha value is -3.78. The van der Waals surface area contributed by atoms with Gasteiger partial charge in [-0.1, -0.05) is 35.6 Å². The lowest BCUT2D eigenvalue weighted by molar-refractivity contribution is 0.0990. The van der Waals surface area contributed by atoms with Crippen LogP contribution in [-0.2, 0) is 14.6 Å². The Bertz CT molecular complexity index is 1550. The zero-order chi connectivity index (χ0) is 28.3. The molecule has 1 saturated heterocycles. The molecule has 0 bridgehead atoms. The van der Waals surface area contributed by atoms with E-state index in [1.54, 1.807) is 42.5 Å². The average Bonchev–Trinajstić information content (AvgIpc) is 3.66. The standard InChI is InChI=1S/C27H27N5O6S2/c1-2-31(15-16-38-40(35,36)37)19-11-9-18(10-12-19)29-30-27-28-26(32-13-5-6-14-32)23(39-27)17-22-24(33)20-7-3-4-8-21(20)25(22)34/h3-4,7-12,17H,2,5-6,13-16H2,1H3,(H,35,36,37). The second kappa shape index (κ2) is 11.8. The van der Waals surface area contributed by atoms with Crippen LogP contribution < -0.4 is 9.80 Å². The lowest BCUT2D eigenvalue weighted by Gasteiger charge is -2.22. The summed E-state index contributed by atoms with van der Waals surface area (Å²) in [6, 6.07) is 14.0. The molecule has 1 fully saturated rings. The summed E-state index contributed by atoms with van der Waals surface area (Å²) in [6.45, 7) is 4.28. The molecular formula is C27H27N5O6S2. The molecule has 0 saturated carbocycles. The van der Waals surface area contributed by atoms with Crippen LogP contribution in [0.1, 0.15) is 45.4 Å². The van der Waals surface area contributed by atoms with Gasteiger partial charge in [-0.05, 0) is 50.1 Å². The Morgan fingerprint density at radius 3 is 2.30 bits per heavy atom. The average molecular weight is 582 g/mol. The van der Waals surface area contributed by atoms with Gasteiger partial charge in [0.05, 0.1) is 22.7 Å². The van der Waals surface area contributed by atoms with Crippen LogP contribution >= 0.6 is 11.3 Å². The molecule has 1 aliphatic heterocycles. The van der Waals surface area contributed by atoms with Gasteiger partial charge in [-0.25, -0.2) is 4.18 Å². The van der Waals surface area contributed by atoms with Gasteiger partial charge in [0.15, 0.2) is 11.6 Å². The lowest BCUT2D eigenvalue weighted by Crippen LogP contribution is -2.27. The van der Waals surface area contributed by atoms with Crippen molar-refractivity contribution in [3.8, 4) is 0 Å². The summed E-state index contributed by atoms with van der Waals surface area (Å²) >= 11 is 1.27. The number of thiazole rings is 1. The van der Waals surface area contributed by atoms with Crippen LogP contribution in [0, 0.1) is 0 Å². The predicted molar refractivity (Wildman–Crippen MR) is 153 cm³/mol. The number of azo groups is 1. The fourth-order valence-corrected chi connectivity index (χ4v) is 5.83. The molecule has 1 N–H and O–H groups in total. The fraction of sp³-hybridized carbons (Fsp3) is 0.296. The molecule has 2 heterocycles. The summed E-state index contributed by atoms with van der Waals surface area (Å²) in [5, 5.41) is 9.06. The zero-order valence-electron chi connectivity index (χ0n) is 21.7. The van der Waals surface area contributed by atoms with E-state index in [-0.39, 0.29) is 30.3 Å². The Morgan fingerprint density at radius 2 is 1.70 bits per heavy atom. The van der Waals surface area contributed by atoms with E-state index < -0.39 is 10.4 Å². The van der Waals surface area contributed by atoms with Gasteiger partial charge in [0.25, 0.3) is 0 Å². The minimum Gasteiger partial charge on any atom is -0.369 e. The molecule has 1 aromatic heterocycles. The smallest absolute Gasteiger partial charge is 0.369 e. The molecule has 0 atom stereocenters. The summed E-state index contributed by atoms with van der Waals surface area (Å²) in [6.07, 6.45) is 3.71. The summed E-state index contributed by atoms with van der Waals surface area (Å²) in [5.41, 5.74) is 2.38. The number of benzene rings is 2. The summed E-state index contributed by atoms with van der Waals surface area (Å²) < 4.78 is 34.7. The number of hydrogen-bond acceptors (Lipinski definition) is 11. The van der Waals surface area contributed by atoms with E-state index >= 15 is 0 Å². The Balaban J connectivity index is 1.35. The molecule has 2 aliphatic rings. The third-order valence-corrected chi connectivity index (χ3v) is 7.99. The molecule has 40 heavy (non-hydrogen) atoms. The van der Waals surface area contributed by atoms with Crippen LogP contribution in [0.4, 0.5) is 22.3 Å². The highest BCUT2D eigenvalue weighted by atomic mass is 32.3. The molecule has 2 aromatic carbocycles. The Kier molecular flexibility index (Phi) is 8.17. The number of carbonyl (C=O) groups excluding carboxylic acids is 2. The number of nitrogens with zero attached hydrogens (tertiary/aromatic N) is 5. The molecule has 0 amide bonds. The normalized spacial score (nSPS) is 15.3. The first kappa shape index (κ1) is 27.8. The SMILES string of the molecule is CCN(CCOS(=O)(=O)O)c1ccc(N=Nc2nc(N3CCCC3)c(C=C3C(=O)c4ccccc4C3=O)s2)cc1. The van der Waals surface area contributed by atoms with E-state index in [0.717, 1.165) is 31.6 Å². The minimum atomic E-state index is -4.48. The minimum absolute atomic E-state index is 0.131. The fourth-order valence-electron chi connectivity index (χ4n) is 4.69. The van der Waals surface area contributed by atoms with Crippen LogP contribution in [0.3, 0.4) is 0 Å². The van der Waals surface area contributed by atoms with Crippen LogP contribution in [0.25, 0.3) is 6.08 Å². The molecular weight excluding hydrogens is 554 g/mol. The summed E-state index contributed by atoms with van der Waals surface area (Å²) in [7, 11) is -4.48. The maximum atomic E-state index is 13.0. The van der Waals surface area contributed by atoms with Crippen molar-refractivity contribution in [2.75, 3.05) is 42.6 Å². The van der Waals surface area contributed by atoms with Crippen molar-refractivity contribution < 1.29 is 26.7 Å². The van der Waals surface area contributed by atoms with E-state index in [0.29, 0.717) is 39.2 Å². The highest BCUT2D eigenvalue weighted by Crippen LogP contribution is 2.38. The molecule has 1 aliphatic carbocycles. The highest BCUT2D eigenvalue weighted by molar-refractivity contribution is 7.80. The van der Waals surface area contributed by atoms with Crippen LogP contribution in [0.2, 0.25) is 0 Å². The molecule has 5 rings (SSSR count). The second-order valence-electron chi connectivity index (χ2n) is 9.19. The third-order valence-electron chi connectivity index (χ3n) is 6.65. The lowest BCUT2D eigenvalue weighted by atomic mass is 10.1. The van der Waals surface area contributed by atoms with Gasteiger partial charge < -0.3 is 9.80 Å². The molecule has 0 radical (unpaired) electrons. The second-order valence-corrected chi connectivity index (χ2v) is 11.3. The van der Waals surface area contributed by atoms with Crippen LogP contribution in [0.5, 0.6) is 0 Å². The molecule has 3 aromatic rings. The number of hydrogen-bond donors (Lipinski definition) is 1. The Morgan fingerprint density at radius 1 is 1.05 bits per heavy atom. The van der Waals surface area contributed by atoms with Crippen molar-refractivity contribution in [3.63, 3.8) is 0 Å². The van der Waals surface area contributed by atoms with Crippen molar-refractivity contribution in [3.05, 3.63) is 70.1 Å². The number of allylic oxidation sites excluding steroid dienone is 1. The van der Waals surface area contributed by atoms with Crippen molar-refractivity contribution in [2.24, 2.45) is 10.2 Å². The van der Waals surface area contributed by atoms with E-state index in [1.807, 2.05) is 24.0 Å². The molecule has 0 spiro atoms. The van der Waals surface area contributed by atoms with E-state index in [1.165, 1.54) is 11.3 Å². The first-order valence-electron chi connectivity index (χ1n) is 12.8. The predicted octanol–water partition coefficient (Wildman–Crippen LogP) is 5.27. The maximum absolute atomic E-state index is 13.0. The van der Waals surface area contributed by atoms with Gasteiger partial charge in [0.2, 0.25) is 5.13 Å². The maximum Gasteiger partial charge on any atom is 0.397 e. The van der Waals surface area contributed by atoms with Gasteiger partial charge in [-0.3, -0.25) is 14.1 Å². The Labute approximate surface area is 235 Å². The van der Waals surface area contributed by atoms with Gasteiger partial charge in [0.1, 0.15) is 5.82 Å². The summed E-state index contributed by atoms with van der Waals surface area (Å²) in [5.74, 6) is 0.132. The number of carbonyl (C=O) groups is 2. The monoisotopic (exact) mass is 581 g/mol. The van der Waals surface area contributed by atoms with Gasteiger partial charge >= 0.3 is 10.4 Å². The van der Waals surface area contributed by atoms with E-state index in [4.69, 9.17) is 4.55 Å². The van der Waals surface area contributed by atoms with Crippen LogP contribution in [0.15, 0.2) is 64.3 Å². The highest BCUT2D eigenvalue weighted by Gasteiger charge is 2.33. The third kappa shape index (κ3) is 6.17. The van der Waals surface area contributed by atoms with Gasteiger partial charge in [-0.2, -0.15) is 13.4 Å². The largest absolute Gasteiger partial charge is 0.397 e. The molecule has 11 nitrogen and oxygen atoms in total. The number of rotatable bonds is 10. The van der Waals surface area contributed by atoms with Crippen molar-refractivity contribution >= 4 is 61.7 Å². The number of fused-ring (bicyclic) bond motifs is 1. The molecule has 208 valence electrons. The van der Waals surface area contributed by atoms with Crippen molar-refractivity contribution in [2.45, 2.75) is 19.8 Å². The molecule has 0 unspecified atom stereocenters. The van der Waals surface area contributed by atoms with Gasteiger partial charge in [-0.15, -0.1) is 10.2 Å². The van der Waals surface area contributed by atoms with E-state index in [9.17, 15) is 18.0 Å². The van der Waals surface area contributed by atoms with Crippen molar-refractivity contribution in [1.82, 2.24) is 4.98 Å². The number of ketones is 2. The summed E-state index contributed by atoms with van der Waals surface area (Å²) in [4.78, 5) is 35.3. The first-order valence-corrected chi connectivity index (χ1v) is 15.0. The van der Waals surface area contributed by atoms with Gasteiger partial charge in [0, 0.05) is 43.0 Å². The first-order chi connectivity index (χ1) is 19.2. The number of Topliss-reactive ketones (excluding diaryl/α,β-unsaturated/α-hetero) is 2. The topological polar surface area (TPSA) is 142 Å². The van der Waals surface area contributed by atoms with E-state index in [2.05, 4.69) is 24.3 Å².